The summed E-state index contributed by atoms with van der Waals surface area (Å²) in [6.45, 7) is 0. The van der Waals surface area contributed by atoms with Gasteiger partial charge < -0.3 is 10.2 Å². The molecule has 0 radical (unpaired) electrons. The minimum Gasteiger partial charge on any atom is -0.408 e. The molecule has 1 heterocycles. The van der Waals surface area contributed by atoms with E-state index >= 15 is 0 Å². The summed E-state index contributed by atoms with van der Waals surface area (Å²) < 4.78 is 19.5. The van der Waals surface area contributed by atoms with Crippen molar-refractivity contribution >= 4 is 27.0 Å². The zero-order chi connectivity index (χ0) is 14.3. The maximum atomic E-state index is 13.9. The molecule has 0 saturated heterocycles. The summed E-state index contributed by atoms with van der Waals surface area (Å²) in [7, 11) is 0. The summed E-state index contributed by atoms with van der Waals surface area (Å²) in [6.07, 6.45) is 0. The average molecular weight is 337 g/mol. The minimum absolute atomic E-state index is 0.380. The highest BCUT2D eigenvalue weighted by atomic mass is 79.9. The minimum atomic E-state index is -0.632. The standard InChI is InChI=1S/C14H10BrFN2O2/c15-8-2-3-9(10(16)6-8)13(17)7-1-4-11-12(5-7)20-14(19)18-11/h1-6,13H,17H2,(H,18,19). The van der Waals surface area contributed by atoms with Crippen LogP contribution in [0.15, 0.2) is 50.1 Å². The zero-order valence-corrected chi connectivity index (χ0v) is 11.8. The molecule has 0 amide bonds. The molecule has 0 fully saturated rings. The maximum absolute atomic E-state index is 13.9. The molecule has 4 nitrogen and oxygen atoms in total. The lowest BCUT2D eigenvalue weighted by molar-refractivity contribution is 0.554. The molecule has 3 aromatic rings. The number of hydrogen-bond acceptors (Lipinski definition) is 3. The van der Waals surface area contributed by atoms with Crippen molar-refractivity contribution in [1.29, 1.82) is 0 Å². The third kappa shape index (κ3) is 2.28. The lowest BCUT2D eigenvalue weighted by Crippen LogP contribution is -2.13. The van der Waals surface area contributed by atoms with Gasteiger partial charge >= 0.3 is 5.76 Å². The van der Waals surface area contributed by atoms with Gasteiger partial charge in [0.1, 0.15) is 5.82 Å². The van der Waals surface area contributed by atoms with Crippen LogP contribution in [0.3, 0.4) is 0 Å². The van der Waals surface area contributed by atoms with Crippen LogP contribution in [0.2, 0.25) is 0 Å². The topological polar surface area (TPSA) is 72.0 Å². The number of halogens is 2. The van der Waals surface area contributed by atoms with Gasteiger partial charge in [0.2, 0.25) is 0 Å². The maximum Gasteiger partial charge on any atom is 0.417 e. The number of fused-ring (bicyclic) bond motifs is 1. The first-order chi connectivity index (χ1) is 9.54. The van der Waals surface area contributed by atoms with E-state index in [0.717, 1.165) is 0 Å². The van der Waals surface area contributed by atoms with Crippen molar-refractivity contribution in [3.63, 3.8) is 0 Å². The van der Waals surface area contributed by atoms with E-state index in [4.69, 9.17) is 10.2 Å². The van der Waals surface area contributed by atoms with E-state index < -0.39 is 11.8 Å². The van der Waals surface area contributed by atoms with Crippen molar-refractivity contribution in [3.05, 3.63) is 68.4 Å². The molecule has 0 bridgehead atoms. The lowest BCUT2D eigenvalue weighted by Gasteiger charge is -2.13. The molecular formula is C14H10BrFN2O2. The largest absolute Gasteiger partial charge is 0.417 e. The third-order valence-corrected chi connectivity index (χ3v) is 3.59. The number of aromatic amines is 1. The molecule has 0 spiro atoms. The summed E-state index contributed by atoms with van der Waals surface area (Å²) >= 11 is 3.20. The molecule has 102 valence electrons. The van der Waals surface area contributed by atoms with Crippen molar-refractivity contribution < 1.29 is 8.81 Å². The Morgan fingerprint density at radius 3 is 2.80 bits per heavy atom. The number of nitrogens with two attached hydrogens (primary N) is 1. The van der Waals surface area contributed by atoms with Crippen molar-refractivity contribution in [2.75, 3.05) is 0 Å². The number of oxazole rings is 1. The second kappa shape index (κ2) is 4.88. The molecule has 1 atom stereocenters. The van der Waals surface area contributed by atoms with Crippen LogP contribution < -0.4 is 11.5 Å². The smallest absolute Gasteiger partial charge is 0.408 e. The van der Waals surface area contributed by atoms with Gasteiger partial charge in [-0.2, -0.15) is 0 Å². The van der Waals surface area contributed by atoms with E-state index in [1.54, 1.807) is 30.3 Å². The van der Waals surface area contributed by atoms with Crippen LogP contribution in [0.5, 0.6) is 0 Å². The van der Waals surface area contributed by atoms with Crippen molar-refractivity contribution in [3.8, 4) is 0 Å². The van der Waals surface area contributed by atoms with Crippen LogP contribution in [0.4, 0.5) is 4.39 Å². The van der Waals surface area contributed by atoms with Crippen LogP contribution in [-0.4, -0.2) is 4.98 Å². The van der Waals surface area contributed by atoms with Gasteiger partial charge in [-0.3, -0.25) is 4.98 Å². The first-order valence-corrected chi connectivity index (χ1v) is 6.67. The van der Waals surface area contributed by atoms with Crippen molar-refractivity contribution in [1.82, 2.24) is 4.98 Å². The van der Waals surface area contributed by atoms with Gasteiger partial charge in [-0.1, -0.05) is 28.1 Å². The van der Waals surface area contributed by atoms with Crippen LogP contribution in [0, 0.1) is 5.82 Å². The average Bonchev–Trinajstić information content (AvgIpc) is 2.77. The van der Waals surface area contributed by atoms with Crippen LogP contribution >= 0.6 is 15.9 Å². The molecule has 2 aromatic carbocycles. The van der Waals surface area contributed by atoms with E-state index in [-0.39, 0.29) is 5.82 Å². The number of hydrogen-bond donors (Lipinski definition) is 2. The van der Waals surface area contributed by atoms with E-state index in [0.29, 0.717) is 26.7 Å². The highest BCUT2D eigenvalue weighted by Gasteiger charge is 2.15. The first-order valence-electron chi connectivity index (χ1n) is 5.88. The van der Waals surface area contributed by atoms with Crippen LogP contribution in [-0.2, 0) is 0 Å². The molecule has 20 heavy (non-hydrogen) atoms. The molecule has 0 aliphatic carbocycles. The van der Waals surface area contributed by atoms with Crippen LogP contribution in [0.1, 0.15) is 17.2 Å². The van der Waals surface area contributed by atoms with Gasteiger partial charge in [-0.05, 0) is 29.8 Å². The SMILES string of the molecule is NC(c1ccc2[nH]c(=O)oc2c1)c1ccc(Br)cc1F. The fourth-order valence-corrected chi connectivity index (χ4v) is 2.42. The summed E-state index contributed by atoms with van der Waals surface area (Å²) in [5.41, 5.74) is 8.12. The summed E-state index contributed by atoms with van der Waals surface area (Å²) in [4.78, 5) is 13.7. The Bertz CT molecular complexity index is 841. The molecular weight excluding hydrogens is 327 g/mol. The highest BCUT2D eigenvalue weighted by Crippen LogP contribution is 2.26. The Labute approximate surface area is 121 Å². The van der Waals surface area contributed by atoms with E-state index in [1.807, 2.05) is 0 Å². The Hall–Kier alpha value is -1.92. The Morgan fingerprint density at radius 1 is 1.25 bits per heavy atom. The molecule has 1 aromatic heterocycles. The molecule has 6 heteroatoms. The van der Waals surface area contributed by atoms with Gasteiger partial charge in [-0.25, -0.2) is 9.18 Å². The predicted octanol–water partition coefficient (Wildman–Crippen LogP) is 3.07. The molecule has 1 unspecified atom stereocenters. The number of aromatic nitrogens is 1. The van der Waals surface area contributed by atoms with E-state index in [2.05, 4.69) is 20.9 Å². The normalized spacial score (nSPS) is 12.8. The van der Waals surface area contributed by atoms with Crippen molar-refractivity contribution in [2.24, 2.45) is 5.73 Å². The number of rotatable bonds is 2. The van der Waals surface area contributed by atoms with Gasteiger partial charge in [0.25, 0.3) is 0 Å². The van der Waals surface area contributed by atoms with Gasteiger partial charge in [0, 0.05) is 10.0 Å². The fraction of sp³-hybridized carbons (Fsp3) is 0.0714. The fourth-order valence-electron chi connectivity index (χ4n) is 2.09. The molecule has 0 aliphatic rings. The molecule has 3 N–H and O–H groups in total. The second-order valence-corrected chi connectivity index (χ2v) is 5.33. The Kier molecular flexibility index (Phi) is 3.19. The summed E-state index contributed by atoms with van der Waals surface area (Å²) in [6, 6.07) is 9.15. The first kappa shape index (κ1) is 13.1. The van der Waals surface area contributed by atoms with Crippen LogP contribution in [0.25, 0.3) is 11.1 Å². The van der Waals surface area contributed by atoms with Crippen molar-refractivity contribution in [2.45, 2.75) is 6.04 Å². The quantitative estimate of drug-likeness (QED) is 0.755. The lowest BCUT2D eigenvalue weighted by atomic mass is 9.99. The van der Waals surface area contributed by atoms with E-state index in [9.17, 15) is 9.18 Å². The van der Waals surface area contributed by atoms with E-state index in [1.165, 1.54) is 6.07 Å². The Balaban J connectivity index is 2.06. The van der Waals surface area contributed by atoms with Gasteiger partial charge in [0.05, 0.1) is 11.6 Å². The third-order valence-electron chi connectivity index (χ3n) is 3.10. The van der Waals surface area contributed by atoms with Gasteiger partial charge in [0.15, 0.2) is 5.58 Å². The summed E-state index contributed by atoms with van der Waals surface area (Å²) in [5, 5.41) is 0. The highest BCUT2D eigenvalue weighted by molar-refractivity contribution is 9.10. The monoisotopic (exact) mass is 336 g/mol. The molecule has 0 saturated carbocycles. The number of H-pyrrole nitrogens is 1. The summed E-state index contributed by atoms with van der Waals surface area (Å²) in [5.74, 6) is -0.914. The Morgan fingerprint density at radius 2 is 2.05 bits per heavy atom. The predicted molar refractivity (Wildman–Crippen MR) is 77.0 cm³/mol. The number of nitrogens with one attached hydrogen (secondary N) is 1. The number of benzene rings is 2. The molecule has 0 aliphatic heterocycles. The zero-order valence-electron chi connectivity index (χ0n) is 10.2. The molecule has 3 rings (SSSR count). The van der Waals surface area contributed by atoms with Gasteiger partial charge in [-0.15, -0.1) is 0 Å². The second-order valence-electron chi connectivity index (χ2n) is 4.41.